The molecule has 0 aliphatic rings. The monoisotopic (exact) mass is 325 g/mol. The Bertz CT molecular complexity index is 896. The minimum atomic E-state index is -1.05. The lowest BCUT2D eigenvalue weighted by atomic mass is 9.98. The highest BCUT2D eigenvalue weighted by Gasteiger charge is 2.25. The van der Waals surface area contributed by atoms with Gasteiger partial charge >= 0.3 is 0 Å². The number of benzene rings is 2. The van der Waals surface area contributed by atoms with Gasteiger partial charge < -0.3 is 4.98 Å². The third-order valence-corrected chi connectivity index (χ3v) is 4.26. The van der Waals surface area contributed by atoms with E-state index in [0.29, 0.717) is 21.8 Å². The first kappa shape index (κ1) is 15.3. The molecule has 3 rings (SSSR count). The Morgan fingerprint density at radius 2 is 2.13 bits per heavy atom. The first-order chi connectivity index (χ1) is 11.1. The van der Waals surface area contributed by atoms with Crippen molar-refractivity contribution in [2.24, 2.45) is 0 Å². The second-order valence-electron chi connectivity index (χ2n) is 4.91. The first-order valence-corrected chi connectivity index (χ1v) is 8.08. The van der Waals surface area contributed by atoms with Gasteiger partial charge in [0, 0.05) is 10.5 Å². The van der Waals surface area contributed by atoms with Gasteiger partial charge in [0.1, 0.15) is 11.6 Å². The molecule has 0 saturated carbocycles. The molecular weight excluding hydrogens is 313 g/mol. The number of rotatable bonds is 4. The predicted molar refractivity (Wildman–Crippen MR) is 87.0 cm³/mol. The van der Waals surface area contributed by atoms with E-state index in [9.17, 15) is 14.4 Å². The van der Waals surface area contributed by atoms with E-state index >= 15 is 0 Å². The van der Waals surface area contributed by atoms with Gasteiger partial charge in [0.15, 0.2) is 11.7 Å². The molecular formula is C17H12FN3OS. The number of nitrogens with one attached hydrogen (secondary N) is 1. The second kappa shape index (κ2) is 6.23. The fourth-order valence-corrected chi connectivity index (χ4v) is 2.84. The van der Waals surface area contributed by atoms with Crippen LogP contribution < -0.4 is 0 Å². The number of H-pyrrole nitrogens is 1. The molecule has 0 spiro atoms. The molecule has 0 aliphatic carbocycles. The number of ketones is 1. The number of aromatic amines is 1. The fraction of sp³-hybridized carbons (Fsp3) is 0.118. The number of nitriles is 1. The van der Waals surface area contributed by atoms with E-state index < -0.39 is 11.7 Å². The number of nitrogens with zero attached hydrogens (tertiary/aromatic N) is 2. The van der Waals surface area contributed by atoms with Gasteiger partial charge in [-0.1, -0.05) is 12.1 Å². The van der Waals surface area contributed by atoms with Crippen molar-refractivity contribution in [2.45, 2.75) is 10.8 Å². The summed E-state index contributed by atoms with van der Waals surface area (Å²) in [7, 11) is 0. The van der Waals surface area contributed by atoms with Crippen molar-refractivity contribution in [3.8, 4) is 6.07 Å². The Morgan fingerprint density at radius 3 is 2.83 bits per heavy atom. The summed E-state index contributed by atoms with van der Waals surface area (Å²) in [6.07, 6.45) is 1.73. The molecule has 2 aromatic carbocycles. The topological polar surface area (TPSA) is 69.5 Å². The SMILES string of the molecule is CSc1cc(C(=O)[C@H](C#N)c2nc3ccccc3[nH]2)ccc1F. The fourth-order valence-electron chi connectivity index (χ4n) is 2.33. The molecule has 1 heterocycles. The van der Waals surface area contributed by atoms with E-state index in [0.717, 1.165) is 5.52 Å². The van der Waals surface area contributed by atoms with Crippen LogP contribution in [0.25, 0.3) is 11.0 Å². The van der Waals surface area contributed by atoms with Gasteiger partial charge in [0.05, 0.1) is 17.1 Å². The zero-order chi connectivity index (χ0) is 16.4. The van der Waals surface area contributed by atoms with Crippen molar-refractivity contribution in [1.29, 1.82) is 5.26 Å². The van der Waals surface area contributed by atoms with Crippen molar-refractivity contribution in [1.82, 2.24) is 9.97 Å². The lowest BCUT2D eigenvalue weighted by Gasteiger charge is -2.07. The Hall–Kier alpha value is -2.65. The Kier molecular flexibility index (Phi) is 4.13. The van der Waals surface area contributed by atoms with E-state index in [1.54, 1.807) is 12.3 Å². The molecule has 1 atom stereocenters. The van der Waals surface area contributed by atoms with Crippen LogP contribution in [0, 0.1) is 17.1 Å². The summed E-state index contributed by atoms with van der Waals surface area (Å²) in [5.74, 6) is -1.54. The molecule has 1 aromatic heterocycles. The van der Waals surface area contributed by atoms with Crippen LogP contribution in [0.15, 0.2) is 47.4 Å². The van der Waals surface area contributed by atoms with Crippen LogP contribution in [0.1, 0.15) is 22.1 Å². The van der Waals surface area contributed by atoms with E-state index in [4.69, 9.17) is 0 Å². The average Bonchev–Trinajstić information content (AvgIpc) is 2.99. The molecule has 1 N–H and O–H groups in total. The molecule has 114 valence electrons. The number of para-hydroxylation sites is 2. The van der Waals surface area contributed by atoms with Crippen molar-refractivity contribution < 1.29 is 9.18 Å². The van der Waals surface area contributed by atoms with Crippen LogP contribution in [-0.2, 0) is 0 Å². The minimum absolute atomic E-state index is 0.294. The van der Waals surface area contributed by atoms with E-state index in [-0.39, 0.29) is 5.82 Å². The van der Waals surface area contributed by atoms with Crippen LogP contribution >= 0.6 is 11.8 Å². The quantitative estimate of drug-likeness (QED) is 0.583. The molecule has 0 saturated heterocycles. The normalized spacial score (nSPS) is 12.0. The molecule has 0 bridgehead atoms. The number of aromatic nitrogens is 2. The summed E-state index contributed by atoms with van der Waals surface area (Å²) < 4.78 is 13.6. The third kappa shape index (κ3) is 2.83. The number of Topliss-reactive ketones (excluding diaryl/α,β-unsaturated/α-hetero) is 1. The molecule has 0 radical (unpaired) electrons. The van der Waals surface area contributed by atoms with Gasteiger partial charge in [0.2, 0.25) is 0 Å². The van der Waals surface area contributed by atoms with Crippen molar-refractivity contribution >= 4 is 28.6 Å². The number of hydrogen-bond donors (Lipinski definition) is 1. The summed E-state index contributed by atoms with van der Waals surface area (Å²) >= 11 is 1.21. The number of carbonyl (C=O) groups is 1. The second-order valence-corrected chi connectivity index (χ2v) is 5.76. The summed E-state index contributed by atoms with van der Waals surface area (Å²) in [6.45, 7) is 0. The van der Waals surface area contributed by atoms with Crippen molar-refractivity contribution in [3.05, 3.63) is 59.7 Å². The highest BCUT2D eigenvalue weighted by molar-refractivity contribution is 7.98. The van der Waals surface area contributed by atoms with Gasteiger partial charge in [-0.15, -0.1) is 11.8 Å². The van der Waals surface area contributed by atoms with Crippen molar-refractivity contribution in [2.75, 3.05) is 6.26 Å². The number of halogens is 1. The maximum atomic E-state index is 13.6. The average molecular weight is 325 g/mol. The predicted octanol–water partition coefficient (Wildman–Crippen LogP) is 3.91. The largest absolute Gasteiger partial charge is 0.340 e. The number of fused-ring (bicyclic) bond motifs is 1. The van der Waals surface area contributed by atoms with Gasteiger partial charge in [-0.2, -0.15) is 5.26 Å². The maximum Gasteiger partial charge on any atom is 0.187 e. The molecule has 0 fully saturated rings. The molecule has 23 heavy (non-hydrogen) atoms. The zero-order valence-electron chi connectivity index (χ0n) is 12.2. The van der Waals surface area contributed by atoms with E-state index in [1.807, 2.05) is 24.3 Å². The summed E-state index contributed by atoms with van der Waals surface area (Å²) in [6, 6.07) is 13.4. The van der Waals surface area contributed by atoms with Gasteiger partial charge in [-0.3, -0.25) is 4.79 Å². The summed E-state index contributed by atoms with van der Waals surface area (Å²) in [5.41, 5.74) is 1.75. The number of imidazole rings is 1. The van der Waals surface area contributed by atoms with Crippen LogP contribution in [0.5, 0.6) is 0 Å². The standard InChI is InChI=1S/C17H12FN3OS/c1-23-15-8-10(6-7-12(15)18)16(22)11(9-19)17-20-13-4-2-3-5-14(13)21-17/h2-8,11H,1H3,(H,20,21)/t11-/m0/s1. The van der Waals surface area contributed by atoms with E-state index in [1.165, 1.54) is 30.0 Å². The molecule has 0 aliphatic heterocycles. The van der Waals surface area contributed by atoms with Gasteiger partial charge in [-0.05, 0) is 36.6 Å². The Morgan fingerprint density at radius 1 is 1.35 bits per heavy atom. The lowest BCUT2D eigenvalue weighted by Crippen LogP contribution is -2.13. The first-order valence-electron chi connectivity index (χ1n) is 6.86. The molecule has 4 nitrogen and oxygen atoms in total. The van der Waals surface area contributed by atoms with E-state index in [2.05, 4.69) is 9.97 Å². The van der Waals surface area contributed by atoms with Gasteiger partial charge in [-0.25, -0.2) is 9.37 Å². The minimum Gasteiger partial charge on any atom is -0.340 e. The van der Waals surface area contributed by atoms with Gasteiger partial charge in [0.25, 0.3) is 0 Å². The maximum absolute atomic E-state index is 13.6. The van der Waals surface area contributed by atoms with Crippen LogP contribution in [0.3, 0.4) is 0 Å². The third-order valence-electron chi connectivity index (χ3n) is 3.51. The summed E-state index contributed by atoms with van der Waals surface area (Å²) in [5, 5.41) is 9.41. The highest BCUT2D eigenvalue weighted by atomic mass is 32.2. The van der Waals surface area contributed by atoms with Crippen LogP contribution in [0.2, 0.25) is 0 Å². The number of carbonyl (C=O) groups excluding carboxylic acids is 1. The lowest BCUT2D eigenvalue weighted by molar-refractivity contribution is 0.0976. The number of hydrogen-bond acceptors (Lipinski definition) is 4. The molecule has 0 amide bonds. The summed E-state index contributed by atoms with van der Waals surface area (Å²) in [4.78, 5) is 20.3. The molecule has 0 unspecified atom stereocenters. The van der Waals surface area contributed by atoms with Crippen LogP contribution in [-0.4, -0.2) is 22.0 Å². The molecule has 6 heteroatoms. The Balaban J connectivity index is 2.00. The zero-order valence-corrected chi connectivity index (χ0v) is 13.0. The molecule has 3 aromatic rings. The van der Waals surface area contributed by atoms with Crippen LogP contribution in [0.4, 0.5) is 4.39 Å². The highest BCUT2D eigenvalue weighted by Crippen LogP contribution is 2.25. The smallest absolute Gasteiger partial charge is 0.187 e. The van der Waals surface area contributed by atoms with Crippen molar-refractivity contribution in [3.63, 3.8) is 0 Å². The Labute approximate surface area is 136 Å². The number of thioether (sulfide) groups is 1.